The number of hydrogen-bond acceptors (Lipinski definition) is 4. The van der Waals surface area contributed by atoms with Gasteiger partial charge in [-0.05, 0) is 43.2 Å². The summed E-state index contributed by atoms with van der Waals surface area (Å²) in [6.45, 7) is 5.04. The number of para-hydroxylation sites is 1. The van der Waals surface area contributed by atoms with Gasteiger partial charge in [0.25, 0.3) is 5.91 Å². The largest absolute Gasteiger partial charge is 0.379 e. The van der Waals surface area contributed by atoms with Crippen molar-refractivity contribution in [2.24, 2.45) is 0 Å². The number of hydrogen-bond donors (Lipinski definition) is 1. The third-order valence-electron chi connectivity index (χ3n) is 4.43. The molecule has 1 amide bonds. The number of rotatable bonds is 4. The lowest BCUT2D eigenvalue weighted by Crippen LogP contribution is -2.40. The van der Waals surface area contributed by atoms with Crippen LogP contribution in [0.1, 0.15) is 21.5 Å². The van der Waals surface area contributed by atoms with Crippen molar-refractivity contribution >= 4 is 21.6 Å². The van der Waals surface area contributed by atoms with E-state index in [0.717, 1.165) is 5.56 Å². The van der Waals surface area contributed by atoms with Gasteiger partial charge in [-0.2, -0.15) is 4.31 Å². The number of sulfonamides is 1. The zero-order chi connectivity index (χ0) is 18.7. The van der Waals surface area contributed by atoms with Crippen molar-refractivity contribution in [2.45, 2.75) is 18.7 Å². The van der Waals surface area contributed by atoms with Gasteiger partial charge in [0.05, 0.1) is 18.1 Å². The first kappa shape index (κ1) is 18.6. The van der Waals surface area contributed by atoms with Gasteiger partial charge in [0.15, 0.2) is 0 Å². The highest BCUT2D eigenvalue weighted by molar-refractivity contribution is 7.89. The monoisotopic (exact) mass is 374 g/mol. The molecule has 0 aliphatic carbocycles. The first-order valence-corrected chi connectivity index (χ1v) is 9.89. The molecule has 26 heavy (non-hydrogen) atoms. The number of nitrogens with one attached hydrogen (secondary N) is 1. The highest BCUT2D eigenvalue weighted by Gasteiger charge is 2.28. The maximum Gasteiger partial charge on any atom is 0.255 e. The first-order valence-electron chi connectivity index (χ1n) is 8.45. The third-order valence-corrected chi connectivity index (χ3v) is 6.47. The minimum atomic E-state index is -3.66. The van der Waals surface area contributed by atoms with E-state index in [-0.39, 0.29) is 10.8 Å². The number of nitrogens with zero attached hydrogens (tertiary/aromatic N) is 1. The van der Waals surface area contributed by atoms with E-state index < -0.39 is 10.0 Å². The molecular weight excluding hydrogens is 352 g/mol. The average Bonchev–Trinajstić information content (AvgIpc) is 2.64. The molecule has 0 radical (unpaired) electrons. The van der Waals surface area contributed by atoms with Gasteiger partial charge in [-0.1, -0.05) is 24.3 Å². The third kappa shape index (κ3) is 3.80. The minimum Gasteiger partial charge on any atom is -0.379 e. The second-order valence-electron chi connectivity index (χ2n) is 6.27. The van der Waals surface area contributed by atoms with Crippen molar-refractivity contribution in [2.75, 3.05) is 31.6 Å². The first-order chi connectivity index (χ1) is 12.4. The molecule has 0 saturated carbocycles. The smallest absolute Gasteiger partial charge is 0.255 e. The standard InChI is InChI=1S/C19H22N2O4S/c1-14-5-3-4-6-17(14)20-19(22)16-8-7-15(2)18(13-16)26(23,24)21-9-11-25-12-10-21/h3-8,13H,9-12H2,1-2H3,(H,20,22). The molecule has 2 aromatic carbocycles. The molecule has 1 N–H and O–H groups in total. The summed E-state index contributed by atoms with van der Waals surface area (Å²) in [6, 6.07) is 12.2. The molecule has 1 aliphatic rings. The van der Waals surface area contributed by atoms with Crippen LogP contribution in [0.5, 0.6) is 0 Å². The van der Waals surface area contributed by atoms with E-state index in [1.165, 1.54) is 10.4 Å². The lowest BCUT2D eigenvalue weighted by Gasteiger charge is -2.26. The van der Waals surface area contributed by atoms with Crippen molar-refractivity contribution in [3.8, 4) is 0 Å². The van der Waals surface area contributed by atoms with Crippen molar-refractivity contribution in [3.63, 3.8) is 0 Å². The molecule has 0 unspecified atom stereocenters. The van der Waals surface area contributed by atoms with Gasteiger partial charge >= 0.3 is 0 Å². The van der Waals surface area contributed by atoms with Gasteiger partial charge in [0.2, 0.25) is 10.0 Å². The van der Waals surface area contributed by atoms with Crippen molar-refractivity contribution in [1.29, 1.82) is 0 Å². The Balaban J connectivity index is 1.90. The summed E-state index contributed by atoms with van der Waals surface area (Å²) in [5.41, 5.74) is 2.57. The number of carbonyl (C=O) groups excluding carboxylic acids is 1. The highest BCUT2D eigenvalue weighted by atomic mass is 32.2. The van der Waals surface area contributed by atoms with Crippen LogP contribution in [0.25, 0.3) is 0 Å². The zero-order valence-electron chi connectivity index (χ0n) is 14.9. The van der Waals surface area contributed by atoms with Crippen LogP contribution in [0.4, 0.5) is 5.69 Å². The predicted molar refractivity (Wildman–Crippen MR) is 99.9 cm³/mol. The number of carbonyl (C=O) groups is 1. The highest BCUT2D eigenvalue weighted by Crippen LogP contribution is 2.23. The Labute approximate surface area is 153 Å². The molecular formula is C19H22N2O4S. The maximum atomic E-state index is 12.9. The van der Waals surface area contributed by atoms with Crippen LogP contribution in [-0.4, -0.2) is 44.9 Å². The van der Waals surface area contributed by atoms with Crippen LogP contribution in [0.2, 0.25) is 0 Å². The van der Waals surface area contributed by atoms with Gasteiger partial charge < -0.3 is 10.1 Å². The summed E-state index contributed by atoms with van der Waals surface area (Å²) in [6.07, 6.45) is 0. The van der Waals surface area contributed by atoms with Crippen LogP contribution in [0, 0.1) is 13.8 Å². The quantitative estimate of drug-likeness (QED) is 0.892. The molecule has 1 heterocycles. The van der Waals surface area contributed by atoms with Crippen molar-refractivity contribution in [3.05, 3.63) is 59.2 Å². The van der Waals surface area contributed by atoms with E-state index >= 15 is 0 Å². The molecule has 0 atom stereocenters. The molecule has 0 aromatic heterocycles. The molecule has 3 rings (SSSR count). The van der Waals surface area contributed by atoms with E-state index in [2.05, 4.69) is 5.32 Å². The lowest BCUT2D eigenvalue weighted by atomic mass is 10.1. The fourth-order valence-electron chi connectivity index (χ4n) is 2.85. The Bertz CT molecular complexity index is 919. The minimum absolute atomic E-state index is 0.164. The molecule has 6 nitrogen and oxygen atoms in total. The number of aryl methyl sites for hydroxylation is 2. The molecule has 1 fully saturated rings. The average molecular weight is 374 g/mol. The van der Waals surface area contributed by atoms with Crippen LogP contribution in [0.15, 0.2) is 47.4 Å². The molecule has 0 bridgehead atoms. The SMILES string of the molecule is Cc1ccccc1NC(=O)c1ccc(C)c(S(=O)(=O)N2CCOCC2)c1. The van der Waals surface area contributed by atoms with Gasteiger partial charge in [-0.15, -0.1) is 0 Å². The molecule has 2 aromatic rings. The van der Waals surface area contributed by atoms with Crippen molar-refractivity contribution < 1.29 is 17.9 Å². The summed E-state index contributed by atoms with van der Waals surface area (Å²) in [7, 11) is -3.66. The van der Waals surface area contributed by atoms with Gasteiger partial charge in [-0.25, -0.2) is 8.42 Å². The number of morpholine rings is 1. The summed E-state index contributed by atoms with van der Waals surface area (Å²) in [5.74, 6) is -0.335. The van der Waals surface area contributed by atoms with Crippen LogP contribution in [0.3, 0.4) is 0 Å². The van der Waals surface area contributed by atoms with E-state index in [1.807, 2.05) is 31.2 Å². The summed E-state index contributed by atoms with van der Waals surface area (Å²) in [5, 5.41) is 2.84. The fourth-order valence-corrected chi connectivity index (χ4v) is 4.51. The molecule has 1 aliphatic heterocycles. The number of ether oxygens (including phenoxy) is 1. The number of anilines is 1. The summed E-state index contributed by atoms with van der Waals surface area (Å²) < 4.78 is 32.5. The van der Waals surface area contributed by atoms with Crippen LogP contribution in [-0.2, 0) is 14.8 Å². The van der Waals surface area contributed by atoms with Gasteiger partial charge in [0.1, 0.15) is 0 Å². The van der Waals surface area contributed by atoms with E-state index in [9.17, 15) is 13.2 Å². The van der Waals surface area contributed by atoms with Crippen LogP contribution < -0.4 is 5.32 Å². The Morgan fingerprint density at radius 1 is 1.04 bits per heavy atom. The van der Waals surface area contributed by atoms with E-state index in [4.69, 9.17) is 4.74 Å². The van der Waals surface area contributed by atoms with Gasteiger partial charge in [0, 0.05) is 24.3 Å². The molecule has 7 heteroatoms. The molecule has 138 valence electrons. The molecule has 0 spiro atoms. The Morgan fingerprint density at radius 3 is 2.42 bits per heavy atom. The van der Waals surface area contributed by atoms with Crippen LogP contribution >= 0.6 is 0 Å². The van der Waals surface area contributed by atoms with E-state index in [0.29, 0.717) is 43.1 Å². The fraction of sp³-hybridized carbons (Fsp3) is 0.316. The second-order valence-corrected chi connectivity index (χ2v) is 8.17. The Hall–Kier alpha value is -2.22. The Morgan fingerprint density at radius 2 is 1.73 bits per heavy atom. The zero-order valence-corrected chi connectivity index (χ0v) is 15.7. The summed E-state index contributed by atoms with van der Waals surface area (Å²) in [4.78, 5) is 12.8. The Kier molecular flexibility index (Phi) is 5.41. The topological polar surface area (TPSA) is 75.7 Å². The molecule has 1 saturated heterocycles. The normalized spacial score (nSPS) is 15.6. The predicted octanol–water partition coefficient (Wildman–Crippen LogP) is 2.58. The van der Waals surface area contributed by atoms with E-state index in [1.54, 1.807) is 19.1 Å². The summed E-state index contributed by atoms with van der Waals surface area (Å²) >= 11 is 0. The van der Waals surface area contributed by atoms with Gasteiger partial charge in [-0.3, -0.25) is 4.79 Å². The number of benzene rings is 2. The number of amides is 1. The van der Waals surface area contributed by atoms with Crippen molar-refractivity contribution in [1.82, 2.24) is 4.31 Å². The second kappa shape index (κ2) is 7.57. The lowest BCUT2D eigenvalue weighted by molar-refractivity contribution is 0.0730. The maximum absolute atomic E-state index is 12.9.